The first kappa shape index (κ1) is 18.9. The van der Waals surface area contributed by atoms with Crippen LogP contribution in [0.5, 0.6) is 0 Å². The van der Waals surface area contributed by atoms with Gasteiger partial charge in [-0.1, -0.05) is 37.3 Å². The number of hydrogen-bond acceptors (Lipinski definition) is 4. The number of carbonyl (C=O) groups excluding carboxylic acids is 1. The molecule has 0 radical (unpaired) electrons. The first-order valence-electron chi connectivity index (χ1n) is 10.7. The van der Waals surface area contributed by atoms with Crippen molar-refractivity contribution in [3.05, 3.63) is 41.6 Å². The Bertz CT molecular complexity index is 828. The third-order valence-corrected chi connectivity index (χ3v) is 6.11. The van der Waals surface area contributed by atoms with Crippen LogP contribution in [-0.2, 0) is 17.6 Å². The van der Waals surface area contributed by atoms with E-state index in [0.29, 0.717) is 0 Å². The second-order valence-corrected chi connectivity index (χ2v) is 8.09. The standard InChI is InChI=1S/C23H30N4O/c1-3-16(2)24-23(28)18-12-14-27(15-13-18)22-19-10-7-11-20(19)25-21(26-22)17-8-5-4-6-9-17/h4-6,8-9,16,18H,3,7,10-15H2,1-2H3,(H,24,28)/t16-/m0/s1. The van der Waals surface area contributed by atoms with Crippen LogP contribution in [0.2, 0.25) is 0 Å². The Balaban J connectivity index is 1.52. The highest BCUT2D eigenvalue weighted by Crippen LogP contribution is 2.33. The molecule has 148 valence electrons. The number of piperidine rings is 1. The van der Waals surface area contributed by atoms with Gasteiger partial charge < -0.3 is 10.2 Å². The first-order chi connectivity index (χ1) is 13.7. The predicted octanol–water partition coefficient (Wildman–Crippen LogP) is 3.76. The van der Waals surface area contributed by atoms with E-state index in [4.69, 9.17) is 9.97 Å². The molecule has 1 aromatic heterocycles. The molecule has 2 aromatic rings. The molecule has 1 fully saturated rings. The van der Waals surface area contributed by atoms with Crippen molar-refractivity contribution in [2.24, 2.45) is 5.92 Å². The molecular formula is C23H30N4O. The molecule has 1 saturated heterocycles. The summed E-state index contributed by atoms with van der Waals surface area (Å²) in [6.07, 6.45) is 6.01. The van der Waals surface area contributed by atoms with Gasteiger partial charge in [-0.2, -0.15) is 0 Å². The van der Waals surface area contributed by atoms with Gasteiger partial charge in [-0.15, -0.1) is 0 Å². The second kappa shape index (κ2) is 8.29. The van der Waals surface area contributed by atoms with E-state index in [1.165, 1.54) is 11.3 Å². The van der Waals surface area contributed by atoms with E-state index in [1.54, 1.807) is 0 Å². The summed E-state index contributed by atoms with van der Waals surface area (Å²) in [4.78, 5) is 24.7. The van der Waals surface area contributed by atoms with Crippen LogP contribution >= 0.6 is 0 Å². The highest BCUT2D eigenvalue weighted by atomic mass is 16.1. The lowest BCUT2D eigenvalue weighted by atomic mass is 9.95. The number of anilines is 1. The molecule has 5 nitrogen and oxygen atoms in total. The van der Waals surface area contributed by atoms with E-state index < -0.39 is 0 Å². The Morgan fingerprint density at radius 1 is 1.18 bits per heavy atom. The van der Waals surface area contributed by atoms with Gasteiger partial charge in [-0.3, -0.25) is 4.79 Å². The van der Waals surface area contributed by atoms with Crippen molar-refractivity contribution in [3.63, 3.8) is 0 Å². The van der Waals surface area contributed by atoms with Gasteiger partial charge in [-0.05, 0) is 45.4 Å². The SMILES string of the molecule is CC[C@H](C)NC(=O)C1CCN(c2nc(-c3ccccc3)nc3c2CCC3)CC1. The van der Waals surface area contributed by atoms with E-state index in [2.05, 4.69) is 36.2 Å². The minimum absolute atomic E-state index is 0.119. The van der Waals surface area contributed by atoms with Crippen LogP contribution < -0.4 is 10.2 Å². The Morgan fingerprint density at radius 2 is 1.93 bits per heavy atom. The van der Waals surface area contributed by atoms with Gasteiger partial charge in [0.15, 0.2) is 5.82 Å². The fourth-order valence-corrected chi connectivity index (χ4v) is 4.21. The highest BCUT2D eigenvalue weighted by Gasteiger charge is 2.29. The van der Waals surface area contributed by atoms with Gasteiger partial charge in [0.05, 0.1) is 0 Å². The molecule has 1 N–H and O–H groups in total. The summed E-state index contributed by atoms with van der Waals surface area (Å²) in [5.41, 5.74) is 3.60. The van der Waals surface area contributed by atoms with E-state index in [-0.39, 0.29) is 17.9 Å². The smallest absolute Gasteiger partial charge is 0.223 e. The van der Waals surface area contributed by atoms with Gasteiger partial charge in [0, 0.05) is 41.9 Å². The number of aromatic nitrogens is 2. The minimum atomic E-state index is 0.119. The molecule has 1 aliphatic heterocycles. The van der Waals surface area contributed by atoms with Crippen LogP contribution in [0.25, 0.3) is 11.4 Å². The number of nitrogens with one attached hydrogen (secondary N) is 1. The third kappa shape index (κ3) is 3.89. The molecule has 0 saturated carbocycles. The van der Waals surface area contributed by atoms with Crippen molar-refractivity contribution < 1.29 is 4.79 Å². The van der Waals surface area contributed by atoms with Gasteiger partial charge in [0.2, 0.25) is 5.91 Å². The van der Waals surface area contributed by atoms with Crippen molar-refractivity contribution in [2.45, 2.75) is 58.4 Å². The monoisotopic (exact) mass is 378 g/mol. The number of hydrogen-bond donors (Lipinski definition) is 1. The summed E-state index contributed by atoms with van der Waals surface area (Å²) in [6.45, 7) is 5.95. The average molecular weight is 379 g/mol. The van der Waals surface area contributed by atoms with E-state index >= 15 is 0 Å². The molecule has 5 heteroatoms. The van der Waals surface area contributed by atoms with Gasteiger partial charge in [0.25, 0.3) is 0 Å². The maximum atomic E-state index is 12.5. The number of benzene rings is 1. The minimum Gasteiger partial charge on any atom is -0.356 e. The molecule has 1 aliphatic carbocycles. The summed E-state index contributed by atoms with van der Waals surface area (Å²) >= 11 is 0. The molecule has 1 atom stereocenters. The number of aryl methyl sites for hydroxylation is 1. The van der Waals surface area contributed by atoms with Gasteiger partial charge >= 0.3 is 0 Å². The van der Waals surface area contributed by atoms with Crippen LogP contribution in [0.1, 0.15) is 50.8 Å². The largest absolute Gasteiger partial charge is 0.356 e. The van der Waals surface area contributed by atoms with E-state index in [1.807, 2.05) is 18.2 Å². The predicted molar refractivity (Wildman–Crippen MR) is 112 cm³/mol. The van der Waals surface area contributed by atoms with Crippen molar-refractivity contribution in [1.82, 2.24) is 15.3 Å². The summed E-state index contributed by atoms with van der Waals surface area (Å²) in [7, 11) is 0. The normalized spacial score (nSPS) is 18.0. The lowest BCUT2D eigenvalue weighted by Gasteiger charge is -2.33. The molecule has 0 bridgehead atoms. The third-order valence-electron chi connectivity index (χ3n) is 6.11. The zero-order valence-corrected chi connectivity index (χ0v) is 16.9. The quantitative estimate of drug-likeness (QED) is 0.861. The first-order valence-corrected chi connectivity index (χ1v) is 10.7. The summed E-state index contributed by atoms with van der Waals surface area (Å²) in [5.74, 6) is 2.26. The molecule has 1 amide bonds. The Kier molecular flexibility index (Phi) is 5.60. The summed E-state index contributed by atoms with van der Waals surface area (Å²) in [5, 5.41) is 3.14. The van der Waals surface area contributed by atoms with Gasteiger partial charge in [-0.25, -0.2) is 9.97 Å². The lowest BCUT2D eigenvalue weighted by molar-refractivity contribution is -0.126. The molecule has 0 spiro atoms. The van der Waals surface area contributed by atoms with Gasteiger partial charge in [0.1, 0.15) is 5.82 Å². The molecule has 2 heterocycles. The second-order valence-electron chi connectivity index (χ2n) is 8.09. The van der Waals surface area contributed by atoms with Crippen molar-refractivity contribution >= 4 is 11.7 Å². The number of nitrogens with zero attached hydrogens (tertiary/aromatic N) is 3. The molecule has 2 aliphatic rings. The molecule has 0 unspecified atom stereocenters. The Hall–Kier alpha value is -2.43. The van der Waals surface area contributed by atoms with Crippen LogP contribution in [0, 0.1) is 5.92 Å². The van der Waals surface area contributed by atoms with Crippen LogP contribution in [0.3, 0.4) is 0 Å². The Morgan fingerprint density at radius 3 is 2.64 bits per heavy atom. The molecule has 1 aromatic carbocycles. The van der Waals surface area contributed by atoms with Crippen molar-refractivity contribution in [3.8, 4) is 11.4 Å². The summed E-state index contributed by atoms with van der Waals surface area (Å²) < 4.78 is 0. The van der Waals surface area contributed by atoms with Crippen LogP contribution in [-0.4, -0.2) is 35.0 Å². The van der Waals surface area contributed by atoms with Crippen LogP contribution in [0.4, 0.5) is 5.82 Å². The maximum absolute atomic E-state index is 12.5. The summed E-state index contributed by atoms with van der Waals surface area (Å²) in [6, 6.07) is 10.5. The topological polar surface area (TPSA) is 58.1 Å². The zero-order valence-electron chi connectivity index (χ0n) is 16.9. The number of fused-ring (bicyclic) bond motifs is 1. The fourth-order valence-electron chi connectivity index (χ4n) is 4.21. The molecule has 28 heavy (non-hydrogen) atoms. The Labute approximate surface area is 167 Å². The fraction of sp³-hybridized carbons (Fsp3) is 0.522. The number of carbonyl (C=O) groups is 1. The van der Waals surface area contributed by atoms with Crippen molar-refractivity contribution in [2.75, 3.05) is 18.0 Å². The number of amides is 1. The highest BCUT2D eigenvalue weighted by molar-refractivity contribution is 5.79. The molecular weight excluding hydrogens is 348 g/mol. The lowest BCUT2D eigenvalue weighted by Crippen LogP contribution is -2.43. The number of rotatable bonds is 5. The molecule has 4 rings (SSSR count). The maximum Gasteiger partial charge on any atom is 0.223 e. The zero-order chi connectivity index (χ0) is 19.5. The van der Waals surface area contributed by atoms with Crippen LogP contribution in [0.15, 0.2) is 30.3 Å². The van der Waals surface area contributed by atoms with Crippen molar-refractivity contribution in [1.29, 1.82) is 0 Å². The van der Waals surface area contributed by atoms with E-state index in [9.17, 15) is 4.79 Å². The van der Waals surface area contributed by atoms with E-state index in [0.717, 1.165) is 68.8 Å². The average Bonchev–Trinajstić information content (AvgIpc) is 3.22.